The second-order valence-electron chi connectivity index (χ2n) is 6.55. The molecule has 1 heterocycles. The van der Waals surface area contributed by atoms with Crippen LogP contribution in [0.1, 0.15) is 30.6 Å². The lowest BCUT2D eigenvalue weighted by Gasteiger charge is -2.18. The monoisotopic (exact) mass is 364 g/mol. The number of nitrogens with one attached hydrogen (secondary N) is 3. The number of hydrogen-bond acceptors (Lipinski definition) is 3. The first kappa shape index (κ1) is 19.0. The van der Waals surface area contributed by atoms with E-state index in [9.17, 15) is 4.79 Å². The summed E-state index contributed by atoms with van der Waals surface area (Å²) in [6.07, 6.45) is 2.92. The summed E-state index contributed by atoms with van der Waals surface area (Å²) in [6.45, 7) is 8.47. The van der Waals surface area contributed by atoms with Crippen molar-refractivity contribution in [2.45, 2.75) is 20.3 Å². The number of benzene rings is 2. The first-order chi connectivity index (χ1) is 13.2. The van der Waals surface area contributed by atoms with Crippen molar-refractivity contribution in [1.82, 2.24) is 9.88 Å². The zero-order valence-corrected chi connectivity index (χ0v) is 16.1. The van der Waals surface area contributed by atoms with Crippen molar-refractivity contribution in [3.8, 4) is 0 Å². The predicted octanol–water partition coefficient (Wildman–Crippen LogP) is 4.56. The Labute approximate surface area is 160 Å². The van der Waals surface area contributed by atoms with Gasteiger partial charge in [0, 0.05) is 29.2 Å². The number of carbonyl (C=O) groups is 1. The summed E-state index contributed by atoms with van der Waals surface area (Å²) < 4.78 is 0. The molecule has 3 aromatic rings. The molecule has 0 bridgehead atoms. The highest BCUT2D eigenvalue weighted by Crippen LogP contribution is 2.24. The van der Waals surface area contributed by atoms with Gasteiger partial charge in [-0.3, -0.25) is 4.79 Å². The molecule has 0 saturated heterocycles. The van der Waals surface area contributed by atoms with Gasteiger partial charge in [-0.25, -0.2) is 0 Å². The summed E-state index contributed by atoms with van der Waals surface area (Å²) in [7, 11) is 0. The Balaban J connectivity index is 1.65. The van der Waals surface area contributed by atoms with Crippen LogP contribution in [0.25, 0.3) is 10.9 Å². The number of rotatable bonds is 9. The van der Waals surface area contributed by atoms with Crippen LogP contribution in [0.4, 0.5) is 11.4 Å². The third kappa shape index (κ3) is 4.68. The highest BCUT2D eigenvalue weighted by Gasteiger charge is 2.12. The molecule has 1 amide bonds. The molecular formula is C22H28N4O. The first-order valence-electron chi connectivity index (χ1n) is 9.65. The Kier molecular flexibility index (Phi) is 6.49. The van der Waals surface area contributed by atoms with Gasteiger partial charge in [0.05, 0.1) is 11.4 Å². The molecule has 0 radical (unpaired) electrons. The van der Waals surface area contributed by atoms with Crippen molar-refractivity contribution in [3.05, 3.63) is 60.3 Å². The van der Waals surface area contributed by atoms with Gasteiger partial charge >= 0.3 is 0 Å². The topological polar surface area (TPSA) is 60.2 Å². The van der Waals surface area contributed by atoms with E-state index in [1.807, 2.05) is 54.7 Å². The van der Waals surface area contributed by atoms with Crippen LogP contribution in [-0.2, 0) is 0 Å². The molecule has 5 heteroatoms. The molecule has 2 aromatic carbocycles. The van der Waals surface area contributed by atoms with Crippen molar-refractivity contribution < 1.29 is 4.79 Å². The Hall–Kier alpha value is -2.79. The summed E-state index contributed by atoms with van der Waals surface area (Å²) in [4.78, 5) is 18.4. The number of hydrogen-bond donors (Lipinski definition) is 3. The molecular weight excluding hydrogens is 336 g/mol. The van der Waals surface area contributed by atoms with Crippen LogP contribution in [0.5, 0.6) is 0 Å². The smallest absolute Gasteiger partial charge is 0.256 e. The van der Waals surface area contributed by atoms with E-state index >= 15 is 0 Å². The lowest BCUT2D eigenvalue weighted by atomic mass is 10.1. The van der Waals surface area contributed by atoms with Crippen LogP contribution in [-0.4, -0.2) is 42.0 Å². The minimum atomic E-state index is -0.0995. The van der Waals surface area contributed by atoms with Crippen molar-refractivity contribution in [2.75, 3.05) is 36.8 Å². The highest BCUT2D eigenvalue weighted by atomic mass is 16.1. The zero-order valence-electron chi connectivity index (χ0n) is 16.1. The van der Waals surface area contributed by atoms with Gasteiger partial charge in [-0.1, -0.05) is 32.0 Å². The normalized spacial score (nSPS) is 11.1. The average molecular weight is 364 g/mol. The first-order valence-corrected chi connectivity index (χ1v) is 9.65. The summed E-state index contributed by atoms with van der Waals surface area (Å²) in [5, 5.41) is 7.44. The SMILES string of the molecule is CCN(CC)CCCNc1ccccc1NC(=O)c1cccc2[nH]ccc12. The van der Waals surface area contributed by atoms with Gasteiger partial charge in [-0.15, -0.1) is 0 Å². The second kappa shape index (κ2) is 9.24. The fraction of sp³-hybridized carbons (Fsp3) is 0.318. The van der Waals surface area contributed by atoms with E-state index in [2.05, 4.69) is 34.4 Å². The van der Waals surface area contributed by atoms with E-state index in [-0.39, 0.29) is 5.91 Å². The van der Waals surface area contributed by atoms with Crippen LogP contribution in [0, 0.1) is 0 Å². The minimum absolute atomic E-state index is 0.0995. The molecule has 0 aliphatic rings. The molecule has 0 aliphatic carbocycles. The standard InChI is InChI=1S/C22H28N4O/c1-3-26(4-2)16-8-14-23-20-10-5-6-11-21(20)25-22(27)18-9-7-12-19-17(18)13-15-24-19/h5-7,9-13,15,23-24H,3-4,8,14,16H2,1-2H3,(H,25,27). The third-order valence-corrected chi connectivity index (χ3v) is 4.88. The van der Waals surface area contributed by atoms with Gasteiger partial charge in [-0.2, -0.15) is 0 Å². The number of carbonyl (C=O) groups excluding carboxylic acids is 1. The number of amides is 1. The second-order valence-corrected chi connectivity index (χ2v) is 6.55. The number of para-hydroxylation sites is 2. The van der Waals surface area contributed by atoms with E-state index < -0.39 is 0 Å². The number of nitrogens with zero attached hydrogens (tertiary/aromatic N) is 1. The molecule has 142 valence electrons. The number of fused-ring (bicyclic) bond motifs is 1. The quantitative estimate of drug-likeness (QED) is 0.488. The minimum Gasteiger partial charge on any atom is -0.383 e. The highest BCUT2D eigenvalue weighted by molar-refractivity contribution is 6.13. The van der Waals surface area contributed by atoms with E-state index in [0.717, 1.165) is 54.9 Å². The van der Waals surface area contributed by atoms with Crippen molar-refractivity contribution >= 4 is 28.2 Å². The van der Waals surface area contributed by atoms with Crippen LogP contribution in [0.15, 0.2) is 54.7 Å². The van der Waals surface area contributed by atoms with Gasteiger partial charge in [0.25, 0.3) is 5.91 Å². The number of H-pyrrole nitrogens is 1. The summed E-state index contributed by atoms with van der Waals surface area (Å²) in [5.41, 5.74) is 3.39. The fourth-order valence-electron chi connectivity index (χ4n) is 3.28. The Morgan fingerprint density at radius 1 is 1.00 bits per heavy atom. The number of aromatic amines is 1. The molecule has 0 spiro atoms. The molecule has 1 aromatic heterocycles. The van der Waals surface area contributed by atoms with E-state index in [1.165, 1.54) is 0 Å². The van der Waals surface area contributed by atoms with Crippen molar-refractivity contribution in [1.29, 1.82) is 0 Å². The van der Waals surface area contributed by atoms with Crippen LogP contribution < -0.4 is 10.6 Å². The maximum absolute atomic E-state index is 12.8. The van der Waals surface area contributed by atoms with Crippen LogP contribution >= 0.6 is 0 Å². The Morgan fingerprint density at radius 3 is 2.56 bits per heavy atom. The third-order valence-electron chi connectivity index (χ3n) is 4.88. The number of aromatic nitrogens is 1. The molecule has 0 unspecified atom stereocenters. The molecule has 27 heavy (non-hydrogen) atoms. The lowest BCUT2D eigenvalue weighted by molar-refractivity contribution is 0.102. The van der Waals surface area contributed by atoms with Gasteiger partial charge in [0.1, 0.15) is 0 Å². The molecule has 0 aliphatic heterocycles. The van der Waals surface area contributed by atoms with Gasteiger partial charge in [-0.05, 0) is 56.4 Å². The van der Waals surface area contributed by atoms with Gasteiger partial charge in [0.15, 0.2) is 0 Å². The van der Waals surface area contributed by atoms with Crippen LogP contribution in [0.2, 0.25) is 0 Å². The van der Waals surface area contributed by atoms with Crippen molar-refractivity contribution in [3.63, 3.8) is 0 Å². The molecule has 0 fully saturated rings. The maximum Gasteiger partial charge on any atom is 0.256 e. The maximum atomic E-state index is 12.8. The predicted molar refractivity (Wildman–Crippen MR) is 114 cm³/mol. The van der Waals surface area contributed by atoms with Gasteiger partial charge in [0.2, 0.25) is 0 Å². The van der Waals surface area contributed by atoms with Crippen LogP contribution in [0.3, 0.4) is 0 Å². The summed E-state index contributed by atoms with van der Waals surface area (Å²) >= 11 is 0. The summed E-state index contributed by atoms with van der Waals surface area (Å²) in [5.74, 6) is -0.0995. The Bertz CT molecular complexity index is 883. The molecule has 3 rings (SSSR count). The summed E-state index contributed by atoms with van der Waals surface area (Å²) in [6, 6.07) is 15.5. The van der Waals surface area contributed by atoms with Crippen molar-refractivity contribution in [2.24, 2.45) is 0 Å². The largest absolute Gasteiger partial charge is 0.383 e. The molecule has 5 nitrogen and oxygen atoms in total. The number of anilines is 2. The Morgan fingerprint density at radius 2 is 1.78 bits per heavy atom. The average Bonchev–Trinajstić information content (AvgIpc) is 3.18. The van der Waals surface area contributed by atoms with E-state index in [4.69, 9.17) is 0 Å². The lowest BCUT2D eigenvalue weighted by Crippen LogP contribution is -2.25. The van der Waals surface area contributed by atoms with E-state index in [1.54, 1.807) is 0 Å². The van der Waals surface area contributed by atoms with Gasteiger partial charge < -0.3 is 20.5 Å². The zero-order chi connectivity index (χ0) is 19.1. The molecule has 3 N–H and O–H groups in total. The molecule has 0 saturated carbocycles. The fourth-order valence-corrected chi connectivity index (χ4v) is 3.28. The molecule has 0 atom stereocenters. The van der Waals surface area contributed by atoms with E-state index in [0.29, 0.717) is 5.56 Å².